The summed E-state index contributed by atoms with van der Waals surface area (Å²) in [6.07, 6.45) is 0. The predicted molar refractivity (Wildman–Crippen MR) is 66.4 cm³/mol. The van der Waals surface area contributed by atoms with Crippen molar-refractivity contribution < 1.29 is 21.6 Å². The predicted octanol–water partition coefficient (Wildman–Crippen LogP) is 3.19. The average molecular weight is 316 g/mol. The lowest BCUT2D eigenvalue weighted by Gasteiger charge is -2.31. The van der Waals surface area contributed by atoms with Crippen molar-refractivity contribution in [3.8, 4) is 0 Å². The lowest BCUT2D eigenvalue weighted by molar-refractivity contribution is -0.0488. The summed E-state index contributed by atoms with van der Waals surface area (Å²) >= 11 is 5.47. The molecule has 0 aliphatic carbocycles. The molecule has 3 nitrogen and oxygen atoms in total. The molecule has 0 aliphatic heterocycles. The maximum atomic E-state index is 13.6. The first-order valence-corrected chi connectivity index (χ1v) is 7.10. The summed E-state index contributed by atoms with van der Waals surface area (Å²) in [5.41, 5.74) is -2.07. The van der Waals surface area contributed by atoms with E-state index in [-0.39, 0.29) is 0 Å². The van der Waals surface area contributed by atoms with Crippen molar-refractivity contribution in [2.45, 2.75) is 37.1 Å². The summed E-state index contributed by atoms with van der Waals surface area (Å²) in [7, 11) is -4.44. The normalized spacial score (nSPS) is 13.6. The van der Waals surface area contributed by atoms with E-state index in [0.717, 1.165) is 26.0 Å². The molecule has 0 saturated heterocycles. The molecular formula is C11H13ClF3NO2S. The van der Waals surface area contributed by atoms with Crippen molar-refractivity contribution in [2.75, 3.05) is 0 Å². The van der Waals surface area contributed by atoms with Crippen LogP contribution in [0.1, 0.15) is 20.8 Å². The largest absolute Gasteiger partial charge is 0.263 e. The average Bonchev–Trinajstić information content (AvgIpc) is 2.18. The molecule has 0 bridgehead atoms. The highest BCUT2D eigenvalue weighted by molar-refractivity contribution is 7.89. The fraction of sp³-hybridized carbons (Fsp3) is 0.455. The van der Waals surface area contributed by atoms with E-state index >= 15 is 0 Å². The zero-order chi connectivity index (χ0) is 15.1. The molecule has 1 N–H and O–H groups in total. The Bertz CT molecular complexity index is 582. The van der Waals surface area contributed by atoms with Crippen LogP contribution in [0.3, 0.4) is 0 Å². The van der Waals surface area contributed by atoms with Crippen LogP contribution >= 0.6 is 11.6 Å². The van der Waals surface area contributed by atoms with Crippen molar-refractivity contribution in [1.82, 2.24) is 4.72 Å². The first-order chi connectivity index (χ1) is 8.38. The minimum Gasteiger partial charge on any atom is -0.207 e. The second-order valence-electron chi connectivity index (χ2n) is 4.67. The Hall–Kier alpha value is -0.790. The van der Waals surface area contributed by atoms with Crippen LogP contribution in [0.2, 0.25) is 5.02 Å². The summed E-state index contributed by atoms with van der Waals surface area (Å²) in [5, 5.41) is -0.399. The summed E-state index contributed by atoms with van der Waals surface area (Å²) in [4.78, 5) is -0.766. The van der Waals surface area contributed by atoms with Crippen molar-refractivity contribution in [3.63, 3.8) is 0 Å². The van der Waals surface area contributed by atoms with Gasteiger partial charge in [0.05, 0.1) is 10.6 Å². The zero-order valence-corrected chi connectivity index (χ0v) is 12.0. The molecule has 108 valence electrons. The van der Waals surface area contributed by atoms with Crippen LogP contribution in [0, 0.1) is 5.82 Å². The Balaban J connectivity index is 3.24. The van der Waals surface area contributed by atoms with Gasteiger partial charge in [-0.1, -0.05) is 17.7 Å². The number of alkyl halides is 2. The molecular weight excluding hydrogens is 303 g/mol. The molecule has 1 aromatic rings. The first-order valence-electron chi connectivity index (χ1n) is 5.24. The molecule has 0 atom stereocenters. The topological polar surface area (TPSA) is 46.2 Å². The van der Waals surface area contributed by atoms with Crippen LogP contribution < -0.4 is 4.72 Å². The molecule has 0 saturated carbocycles. The fourth-order valence-corrected chi connectivity index (χ4v) is 2.97. The molecule has 19 heavy (non-hydrogen) atoms. The quantitative estimate of drug-likeness (QED) is 0.927. The standard InChI is InChI=1S/C11H13ClF3NO2S/c1-10(2,11(3,14)15)16-19(17,18)8-6-4-5-7(12)9(8)13/h4-6,16H,1-3H3. The number of halogens is 4. The second kappa shape index (κ2) is 4.96. The van der Waals surface area contributed by atoms with Crippen LogP contribution in [0.25, 0.3) is 0 Å². The summed E-state index contributed by atoms with van der Waals surface area (Å²) < 4.78 is 65.8. The highest BCUT2D eigenvalue weighted by Crippen LogP contribution is 2.30. The molecule has 8 heteroatoms. The summed E-state index contributed by atoms with van der Waals surface area (Å²) in [6, 6.07) is 3.33. The number of benzene rings is 1. The van der Waals surface area contributed by atoms with Gasteiger partial charge < -0.3 is 0 Å². The SMILES string of the molecule is CC(F)(F)C(C)(C)NS(=O)(=O)c1cccc(Cl)c1F. The van der Waals surface area contributed by atoms with Gasteiger partial charge >= 0.3 is 0 Å². The molecule has 0 heterocycles. The minimum absolute atomic E-state index is 0.399. The van der Waals surface area contributed by atoms with Crippen LogP contribution in [-0.2, 0) is 10.0 Å². The first kappa shape index (κ1) is 16.3. The van der Waals surface area contributed by atoms with E-state index < -0.39 is 37.2 Å². The minimum atomic E-state index is -4.44. The molecule has 1 aromatic carbocycles. The molecule has 0 unspecified atom stereocenters. The number of nitrogens with one attached hydrogen (secondary N) is 1. The van der Waals surface area contributed by atoms with Crippen molar-refractivity contribution in [1.29, 1.82) is 0 Å². The Morgan fingerprint density at radius 2 is 1.74 bits per heavy atom. The van der Waals surface area contributed by atoms with Gasteiger partial charge in [0, 0.05) is 6.92 Å². The molecule has 0 aliphatic rings. The van der Waals surface area contributed by atoms with Gasteiger partial charge in [0.2, 0.25) is 10.0 Å². The van der Waals surface area contributed by atoms with Crippen LogP contribution in [0.4, 0.5) is 13.2 Å². The van der Waals surface area contributed by atoms with Crippen LogP contribution in [-0.4, -0.2) is 19.9 Å². The van der Waals surface area contributed by atoms with Crippen molar-refractivity contribution >= 4 is 21.6 Å². The maximum absolute atomic E-state index is 13.6. The monoisotopic (exact) mass is 315 g/mol. The van der Waals surface area contributed by atoms with E-state index in [0.29, 0.717) is 6.92 Å². The van der Waals surface area contributed by atoms with Gasteiger partial charge in [0.1, 0.15) is 4.90 Å². The van der Waals surface area contributed by atoms with E-state index in [4.69, 9.17) is 11.6 Å². The van der Waals surface area contributed by atoms with Crippen LogP contribution in [0.5, 0.6) is 0 Å². The van der Waals surface area contributed by atoms with Crippen LogP contribution in [0.15, 0.2) is 23.1 Å². The van der Waals surface area contributed by atoms with Gasteiger partial charge in [0.15, 0.2) is 5.82 Å². The Kier molecular flexibility index (Phi) is 4.24. The maximum Gasteiger partial charge on any atom is 0.263 e. The Labute approximate surface area is 114 Å². The van der Waals surface area contributed by atoms with Gasteiger partial charge in [0.25, 0.3) is 5.92 Å². The lowest BCUT2D eigenvalue weighted by atomic mass is 10.00. The van der Waals surface area contributed by atoms with Crippen molar-refractivity contribution in [3.05, 3.63) is 29.0 Å². The fourth-order valence-electron chi connectivity index (χ4n) is 1.17. The zero-order valence-electron chi connectivity index (χ0n) is 10.5. The van der Waals surface area contributed by atoms with E-state index in [1.165, 1.54) is 6.07 Å². The van der Waals surface area contributed by atoms with Gasteiger partial charge in [-0.2, -0.15) is 4.72 Å². The Morgan fingerprint density at radius 3 is 2.21 bits per heavy atom. The molecule has 0 spiro atoms. The van der Waals surface area contributed by atoms with E-state index in [9.17, 15) is 21.6 Å². The molecule has 0 amide bonds. The van der Waals surface area contributed by atoms with Crippen molar-refractivity contribution in [2.24, 2.45) is 0 Å². The third-order valence-corrected chi connectivity index (χ3v) is 4.66. The number of sulfonamides is 1. The van der Waals surface area contributed by atoms with E-state index in [1.54, 1.807) is 4.72 Å². The molecule has 1 rings (SSSR count). The number of rotatable bonds is 4. The highest BCUT2D eigenvalue weighted by atomic mass is 35.5. The number of hydrogen-bond acceptors (Lipinski definition) is 2. The Morgan fingerprint density at radius 1 is 1.21 bits per heavy atom. The van der Waals surface area contributed by atoms with Gasteiger partial charge in [-0.25, -0.2) is 21.6 Å². The third kappa shape index (κ3) is 3.40. The van der Waals surface area contributed by atoms with E-state index in [2.05, 4.69) is 0 Å². The third-order valence-electron chi connectivity index (χ3n) is 2.69. The molecule has 0 radical (unpaired) electrons. The second-order valence-corrected chi connectivity index (χ2v) is 6.73. The summed E-state index contributed by atoms with van der Waals surface area (Å²) in [6.45, 7) is 2.59. The summed E-state index contributed by atoms with van der Waals surface area (Å²) in [5.74, 6) is -4.50. The smallest absolute Gasteiger partial charge is 0.207 e. The molecule has 0 aromatic heterocycles. The van der Waals surface area contributed by atoms with Gasteiger partial charge in [-0.05, 0) is 26.0 Å². The number of hydrogen-bond donors (Lipinski definition) is 1. The molecule has 0 fully saturated rings. The highest BCUT2D eigenvalue weighted by Gasteiger charge is 2.45. The lowest BCUT2D eigenvalue weighted by Crippen LogP contribution is -2.54. The van der Waals surface area contributed by atoms with Gasteiger partial charge in [-0.3, -0.25) is 0 Å². The van der Waals surface area contributed by atoms with Gasteiger partial charge in [-0.15, -0.1) is 0 Å². The van der Waals surface area contributed by atoms with E-state index in [1.807, 2.05) is 0 Å².